The van der Waals surface area contributed by atoms with Crippen molar-refractivity contribution in [2.45, 2.75) is 6.32 Å². The fourth-order valence-electron chi connectivity index (χ4n) is 3.34. The molecule has 0 unspecified atom stereocenters. The molecule has 0 saturated heterocycles. The molecule has 0 radical (unpaired) electrons. The van der Waals surface area contributed by atoms with Gasteiger partial charge in [0.1, 0.15) is 5.82 Å². The minimum absolute atomic E-state index is 0.183. The van der Waals surface area contributed by atoms with E-state index in [0.717, 1.165) is 11.8 Å². The topological polar surface area (TPSA) is 0 Å². The Morgan fingerprint density at radius 2 is 1.43 bits per heavy atom. The first kappa shape index (κ1) is 14.0. The van der Waals surface area contributed by atoms with E-state index in [1.807, 2.05) is 18.2 Å². The van der Waals surface area contributed by atoms with Gasteiger partial charge in [0.25, 0.3) is 0 Å². The highest BCUT2D eigenvalue weighted by molar-refractivity contribution is 6.78. The molecule has 0 fully saturated rings. The smallest absolute Gasteiger partial charge is 0.205 e. The average molecular weight is 298 g/mol. The van der Waals surface area contributed by atoms with Crippen molar-refractivity contribution in [3.8, 4) is 0 Å². The molecule has 0 atom stereocenters. The van der Waals surface area contributed by atoms with Crippen molar-refractivity contribution < 1.29 is 4.39 Å². The van der Waals surface area contributed by atoms with Gasteiger partial charge in [-0.2, -0.15) is 0 Å². The van der Waals surface area contributed by atoms with Crippen LogP contribution in [0.1, 0.15) is 16.7 Å². The molecule has 0 bridgehead atoms. The van der Waals surface area contributed by atoms with Crippen LogP contribution in [0.2, 0.25) is 0 Å². The molecule has 1 aliphatic heterocycles. The van der Waals surface area contributed by atoms with Gasteiger partial charge in [0.15, 0.2) is 0 Å². The summed E-state index contributed by atoms with van der Waals surface area (Å²) in [4.78, 5) is 0. The van der Waals surface area contributed by atoms with Crippen molar-refractivity contribution in [1.82, 2.24) is 0 Å². The molecule has 23 heavy (non-hydrogen) atoms. The molecule has 0 amide bonds. The van der Waals surface area contributed by atoms with Gasteiger partial charge in [-0.25, -0.2) is 4.39 Å². The lowest BCUT2D eigenvalue weighted by Crippen LogP contribution is -2.34. The van der Waals surface area contributed by atoms with Gasteiger partial charge in [-0.15, -0.1) is 5.98 Å². The molecular weight excluding hydrogens is 282 g/mol. The molecule has 0 aromatic heterocycles. The summed E-state index contributed by atoms with van der Waals surface area (Å²) in [6.07, 6.45) is 0.956. The van der Waals surface area contributed by atoms with Gasteiger partial charge >= 0.3 is 0 Å². The molecule has 4 rings (SSSR count). The minimum atomic E-state index is -0.183. The number of fused-ring (bicyclic) bond motifs is 1. The second kappa shape index (κ2) is 5.88. The fraction of sp³-hybridized carbons (Fsp3) is 0.0476. The molecule has 3 aromatic carbocycles. The third-order valence-corrected chi connectivity index (χ3v) is 4.50. The third-order valence-electron chi connectivity index (χ3n) is 4.50. The lowest BCUT2D eigenvalue weighted by molar-refractivity contribution is 0.628. The molecule has 110 valence electrons. The monoisotopic (exact) mass is 298 g/mol. The number of hydrogen-bond donors (Lipinski definition) is 0. The van der Waals surface area contributed by atoms with Gasteiger partial charge in [0.05, 0.1) is 0 Å². The van der Waals surface area contributed by atoms with Crippen molar-refractivity contribution in [2.24, 2.45) is 0 Å². The highest BCUT2D eigenvalue weighted by Gasteiger charge is 2.24. The molecule has 0 saturated carbocycles. The zero-order valence-electron chi connectivity index (χ0n) is 12.7. The van der Waals surface area contributed by atoms with Gasteiger partial charge in [0, 0.05) is 0 Å². The van der Waals surface area contributed by atoms with Gasteiger partial charge in [-0.05, 0) is 40.7 Å². The van der Waals surface area contributed by atoms with Gasteiger partial charge in [-0.3, -0.25) is 0 Å². The van der Waals surface area contributed by atoms with Crippen LogP contribution in [-0.2, 0) is 6.32 Å². The van der Waals surface area contributed by atoms with Crippen LogP contribution < -0.4 is 5.46 Å². The fourth-order valence-corrected chi connectivity index (χ4v) is 3.34. The van der Waals surface area contributed by atoms with Crippen LogP contribution in [0.25, 0.3) is 5.57 Å². The van der Waals surface area contributed by atoms with Crippen molar-refractivity contribution in [1.29, 1.82) is 0 Å². The first-order valence-corrected chi connectivity index (χ1v) is 7.92. The second-order valence-electron chi connectivity index (χ2n) is 5.97. The number of hydrogen-bond acceptors (Lipinski definition) is 0. The summed E-state index contributed by atoms with van der Waals surface area (Å²) < 4.78 is 13.2. The van der Waals surface area contributed by atoms with Crippen molar-refractivity contribution in [2.75, 3.05) is 0 Å². The molecule has 0 N–H and O–H groups in total. The Kier molecular flexibility index (Phi) is 3.59. The summed E-state index contributed by atoms with van der Waals surface area (Å²) in [5.74, 6) is 2.14. The predicted octanol–water partition coefficient (Wildman–Crippen LogP) is 4.29. The van der Waals surface area contributed by atoms with Crippen LogP contribution in [-0.4, -0.2) is 6.71 Å². The van der Waals surface area contributed by atoms with E-state index in [1.54, 1.807) is 12.1 Å². The molecule has 1 heterocycles. The summed E-state index contributed by atoms with van der Waals surface area (Å²) >= 11 is 0. The van der Waals surface area contributed by atoms with E-state index in [0.29, 0.717) is 0 Å². The third kappa shape index (κ3) is 2.73. The van der Waals surface area contributed by atoms with Crippen molar-refractivity contribution >= 4 is 17.7 Å². The maximum Gasteiger partial charge on any atom is 0.205 e. The molecular formula is C21H16BF. The zero-order valence-corrected chi connectivity index (χ0v) is 12.7. The average Bonchev–Trinajstić information content (AvgIpc) is 2.62. The quantitative estimate of drug-likeness (QED) is 0.619. The molecule has 0 nitrogen and oxygen atoms in total. The summed E-state index contributed by atoms with van der Waals surface area (Å²) in [5, 5.41) is 0. The van der Waals surface area contributed by atoms with E-state index in [-0.39, 0.29) is 12.5 Å². The molecule has 0 spiro atoms. The molecule has 1 aliphatic rings. The largest absolute Gasteiger partial charge is 0.207 e. The molecule has 2 heteroatoms. The van der Waals surface area contributed by atoms with E-state index in [9.17, 15) is 4.39 Å². The van der Waals surface area contributed by atoms with Crippen molar-refractivity contribution in [3.63, 3.8) is 0 Å². The first-order chi connectivity index (χ1) is 11.3. The van der Waals surface area contributed by atoms with E-state index in [1.165, 1.54) is 22.3 Å². The highest BCUT2D eigenvalue weighted by atomic mass is 19.1. The summed E-state index contributed by atoms with van der Waals surface area (Å²) in [6.45, 7) is 0.278. The molecule has 0 aliphatic carbocycles. The predicted molar refractivity (Wildman–Crippen MR) is 95.5 cm³/mol. The van der Waals surface area contributed by atoms with Crippen LogP contribution in [0, 0.1) is 5.82 Å². The van der Waals surface area contributed by atoms with E-state index < -0.39 is 0 Å². The van der Waals surface area contributed by atoms with E-state index in [4.69, 9.17) is 0 Å². The summed E-state index contributed by atoms with van der Waals surface area (Å²) in [7, 11) is 0. The van der Waals surface area contributed by atoms with Crippen LogP contribution >= 0.6 is 0 Å². The Morgan fingerprint density at radius 1 is 0.739 bits per heavy atom. The first-order valence-electron chi connectivity index (χ1n) is 7.92. The second-order valence-corrected chi connectivity index (χ2v) is 5.97. The Labute approximate surface area is 136 Å². The van der Waals surface area contributed by atoms with Crippen LogP contribution in [0.15, 0.2) is 84.8 Å². The SMILES string of the molecule is Fc1ccc(B2C=C(c3ccccc3)c3ccccc3C2)cc1. The standard InChI is InChI=1S/C21H16BF/c23-19-12-10-18(11-13-19)22-14-17-8-4-5-9-20(17)21(15-22)16-6-2-1-3-7-16/h1-13,15H,14H2. The Hall–Kier alpha value is -2.61. The summed E-state index contributed by atoms with van der Waals surface area (Å²) in [5.41, 5.74) is 6.31. The van der Waals surface area contributed by atoms with Gasteiger partial charge in [0.2, 0.25) is 6.71 Å². The van der Waals surface area contributed by atoms with Crippen molar-refractivity contribution in [3.05, 3.63) is 107 Å². The Balaban J connectivity index is 1.84. The lowest BCUT2D eigenvalue weighted by atomic mass is 9.39. The van der Waals surface area contributed by atoms with Crippen LogP contribution in [0.4, 0.5) is 4.39 Å². The normalized spacial score (nSPS) is 13.4. The maximum atomic E-state index is 13.2. The van der Waals surface area contributed by atoms with Crippen LogP contribution in [0.3, 0.4) is 0 Å². The van der Waals surface area contributed by atoms with E-state index in [2.05, 4.69) is 54.5 Å². The van der Waals surface area contributed by atoms with Gasteiger partial charge in [-0.1, -0.05) is 72.2 Å². The lowest BCUT2D eigenvalue weighted by Gasteiger charge is -2.23. The number of halogens is 1. The minimum Gasteiger partial charge on any atom is -0.207 e. The Morgan fingerprint density at radius 3 is 2.22 bits per heavy atom. The number of benzene rings is 3. The van der Waals surface area contributed by atoms with Crippen LogP contribution in [0.5, 0.6) is 0 Å². The Bertz CT molecular complexity index is 851. The zero-order chi connectivity index (χ0) is 15.6. The summed E-state index contributed by atoms with van der Waals surface area (Å²) in [6, 6.07) is 25.9. The van der Waals surface area contributed by atoms with Gasteiger partial charge < -0.3 is 0 Å². The molecule has 3 aromatic rings. The maximum absolute atomic E-state index is 13.2. The van der Waals surface area contributed by atoms with E-state index >= 15 is 0 Å². The highest BCUT2D eigenvalue weighted by Crippen LogP contribution is 2.31. The number of rotatable bonds is 2.